The third-order valence-corrected chi connectivity index (χ3v) is 5.12. The number of amides is 1. The molecule has 3 heterocycles. The first-order valence-corrected chi connectivity index (χ1v) is 10.7. The van der Waals surface area contributed by atoms with Gasteiger partial charge in [0.15, 0.2) is 5.82 Å². The SMILES string of the molecule is Cc1nc(-c2ccc(NC(=O)/C=C/c3cn(-c4ccccc4)nc3-c3cccnc3)cc2)n[nH]1. The number of aromatic nitrogens is 6. The van der Waals surface area contributed by atoms with Gasteiger partial charge in [0.05, 0.1) is 5.69 Å². The summed E-state index contributed by atoms with van der Waals surface area (Å²) < 4.78 is 1.80. The molecule has 166 valence electrons. The van der Waals surface area contributed by atoms with Gasteiger partial charge in [-0.05, 0) is 61.5 Å². The number of para-hydroxylation sites is 1. The maximum absolute atomic E-state index is 12.6. The van der Waals surface area contributed by atoms with Gasteiger partial charge in [-0.1, -0.05) is 18.2 Å². The number of carbonyl (C=O) groups is 1. The number of hydrogen-bond donors (Lipinski definition) is 2. The highest BCUT2D eigenvalue weighted by atomic mass is 16.1. The van der Waals surface area contributed by atoms with Crippen LogP contribution in [0.1, 0.15) is 11.4 Å². The zero-order valence-electron chi connectivity index (χ0n) is 18.4. The van der Waals surface area contributed by atoms with E-state index in [9.17, 15) is 4.79 Å². The molecule has 0 saturated heterocycles. The highest BCUT2D eigenvalue weighted by Crippen LogP contribution is 2.24. The fourth-order valence-corrected chi connectivity index (χ4v) is 3.47. The van der Waals surface area contributed by atoms with Crippen molar-refractivity contribution < 1.29 is 4.79 Å². The second kappa shape index (κ2) is 9.33. The molecule has 0 radical (unpaired) electrons. The molecule has 0 saturated carbocycles. The largest absolute Gasteiger partial charge is 0.323 e. The van der Waals surface area contributed by atoms with E-state index in [0.29, 0.717) is 11.5 Å². The van der Waals surface area contributed by atoms with Gasteiger partial charge in [-0.2, -0.15) is 10.2 Å². The number of nitrogens with one attached hydrogen (secondary N) is 2. The Hall–Kier alpha value is -4.85. The maximum atomic E-state index is 12.6. The Morgan fingerprint density at radius 2 is 1.82 bits per heavy atom. The number of nitrogens with zero attached hydrogens (tertiary/aromatic N) is 5. The molecule has 8 heteroatoms. The molecule has 2 N–H and O–H groups in total. The van der Waals surface area contributed by atoms with Crippen LogP contribution in [0.15, 0.2) is 91.4 Å². The predicted molar refractivity (Wildman–Crippen MR) is 131 cm³/mol. The number of carbonyl (C=O) groups excluding carboxylic acids is 1. The topological polar surface area (TPSA) is 101 Å². The minimum absolute atomic E-state index is 0.244. The average molecular weight is 448 g/mol. The minimum Gasteiger partial charge on any atom is -0.323 e. The van der Waals surface area contributed by atoms with E-state index in [4.69, 9.17) is 5.10 Å². The number of pyridine rings is 1. The first-order valence-electron chi connectivity index (χ1n) is 10.7. The maximum Gasteiger partial charge on any atom is 0.248 e. The summed E-state index contributed by atoms with van der Waals surface area (Å²) in [6.07, 6.45) is 8.63. The van der Waals surface area contributed by atoms with E-state index in [0.717, 1.165) is 33.9 Å². The van der Waals surface area contributed by atoms with Gasteiger partial charge < -0.3 is 5.32 Å². The van der Waals surface area contributed by atoms with Crippen molar-refractivity contribution >= 4 is 17.7 Å². The summed E-state index contributed by atoms with van der Waals surface area (Å²) in [5.41, 5.74) is 4.90. The van der Waals surface area contributed by atoms with Gasteiger partial charge in [-0.15, -0.1) is 0 Å². The van der Waals surface area contributed by atoms with E-state index in [1.807, 2.05) is 79.9 Å². The van der Waals surface area contributed by atoms with Gasteiger partial charge in [-0.25, -0.2) is 9.67 Å². The van der Waals surface area contributed by atoms with Crippen LogP contribution in [0, 0.1) is 6.92 Å². The van der Waals surface area contributed by atoms with E-state index in [1.165, 1.54) is 6.08 Å². The van der Waals surface area contributed by atoms with Crippen LogP contribution in [0.25, 0.3) is 34.4 Å². The van der Waals surface area contributed by atoms with Crippen molar-refractivity contribution in [2.75, 3.05) is 5.32 Å². The predicted octanol–water partition coefficient (Wildman–Crippen LogP) is 4.68. The summed E-state index contributed by atoms with van der Waals surface area (Å²) in [4.78, 5) is 21.1. The monoisotopic (exact) mass is 447 g/mol. The molecule has 34 heavy (non-hydrogen) atoms. The fourth-order valence-electron chi connectivity index (χ4n) is 3.47. The third-order valence-electron chi connectivity index (χ3n) is 5.12. The third kappa shape index (κ3) is 4.66. The summed E-state index contributed by atoms with van der Waals surface area (Å²) in [6, 6.07) is 21.0. The van der Waals surface area contributed by atoms with Crippen molar-refractivity contribution in [3.05, 3.63) is 103 Å². The molecule has 5 rings (SSSR count). The Bertz CT molecular complexity index is 1440. The normalized spacial score (nSPS) is 11.1. The highest BCUT2D eigenvalue weighted by Gasteiger charge is 2.11. The number of hydrogen-bond acceptors (Lipinski definition) is 5. The van der Waals surface area contributed by atoms with E-state index < -0.39 is 0 Å². The van der Waals surface area contributed by atoms with E-state index in [1.54, 1.807) is 23.2 Å². The average Bonchev–Trinajstić information content (AvgIpc) is 3.51. The van der Waals surface area contributed by atoms with Gasteiger partial charge in [0.1, 0.15) is 11.5 Å². The second-order valence-corrected chi connectivity index (χ2v) is 7.60. The molecule has 0 spiro atoms. The molecular formula is C26H21N7O. The van der Waals surface area contributed by atoms with Gasteiger partial charge in [0.25, 0.3) is 0 Å². The van der Waals surface area contributed by atoms with Crippen LogP contribution in [-0.2, 0) is 4.79 Å². The lowest BCUT2D eigenvalue weighted by molar-refractivity contribution is -0.111. The van der Waals surface area contributed by atoms with Crippen molar-refractivity contribution in [2.45, 2.75) is 6.92 Å². The number of H-pyrrole nitrogens is 1. The molecule has 0 bridgehead atoms. The van der Waals surface area contributed by atoms with Crippen LogP contribution < -0.4 is 5.32 Å². The van der Waals surface area contributed by atoms with Gasteiger partial charge in [-0.3, -0.25) is 14.9 Å². The van der Waals surface area contributed by atoms with Crippen molar-refractivity contribution in [3.8, 4) is 28.3 Å². The van der Waals surface area contributed by atoms with Crippen LogP contribution in [0.2, 0.25) is 0 Å². The fraction of sp³-hybridized carbons (Fsp3) is 0.0385. The quantitative estimate of drug-likeness (QED) is 0.368. The molecule has 3 aromatic heterocycles. The Morgan fingerprint density at radius 3 is 2.53 bits per heavy atom. The van der Waals surface area contributed by atoms with E-state index >= 15 is 0 Å². The van der Waals surface area contributed by atoms with E-state index in [2.05, 4.69) is 25.5 Å². The van der Waals surface area contributed by atoms with Crippen molar-refractivity contribution in [1.82, 2.24) is 29.9 Å². The number of benzene rings is 2. The molecule has 2 aromatic carbocycles. The number of aromatic amines is 1. The number of rotatable bonds is 6. The summed E-state index contributed by atoms with van der Waals surface area (Å²) in [5, 5.41) is 14.6. The van der Waals surface area contributed by atoms with Crippen LogP contribution in [-0.4, -0.2) is 35.9 Å². The molecule has 0 unspecified atom stereocenters. The van der Waals surface area contributed by atoms with Crippen LogP contribution >= 0.6 is 0 Å². The van der Waals surface area contributed by atoms with Crippen LogP contribution in [0.5, 0.6) is 0 Å². The first-order chi connectivity index (χ1) is 16.7. The molecule has 0 fully saturated rings. The smallest absolute Gasteiger partial charge is 0.248 e. The molecule has 0 aliphatic carbocycles. The Morgan fingerprint density at radius 1 is 1.00 bits per heavy atom. The molecule has 0 aliphatic rings. The van der Waals surface area contributed by atoms with Gasteiger partial charge in [0, 0.05) is 47.0 Å². The lowest BCUT2D eigenvalue weighted by atomic mass is 10.1. The first kappa shape index (κ1) is 21.0. The zero-order valence-corrected chi connectivity index (χ0v) is 18.4. The minimum atomic E-state index is -0.244. The summed E-state index contributed by atoms with van der Waals surface area (Å²) in [5.74, 6) is 1.12. The lowest BCUT2D eigenvalue weighted by Gasteiger charge is -2.03. The van der Waals surface area contributed by atoms with Crippen molar-refractivity contribution in [2.24, 2.45) is 0 Å². The van der Waals surface area contributed by atoms with Crippen molar-refractivity contribution in [1.29, 1.82) is 0 Å². The van der Waals surface area contributed by atoms with Crippen molar-refractivity contribution in [3.63, 3.8) is 0 Å². The molecule has 8 nitrogen and oxygen atoms in total. The second-order valence-electron chi connectivity index (χ2n) is 7.60. The Labute approximate surface area is 196 Å². The zero-order chi connectivity index (χ0) is 23.3. The number of anilines is 1. The van der Waals surface area contributed by atoms with Gasteiger partial charge >= 0.3 is 0 Å². The van der Waals surface area contributed by atoms with Crippen LogP contribution in [0.3, 0.4) is 0 Å². The Kier molecular flexibility index (Phi) is 5.77. The summed E-state index contributed by atoms with van der Waals surface area (Å²) in [7, 11) is 0. The van der Waals surface area contributed by atoms with Gasteiger partial charge in [0.2, 0.25) is 5.91 Å². The standard InChI is InChI=1S/C26H21N7O/c1-18-28-26(31-30-18)19-9-12-22(13-10-19)29-24(34)14-11-21-17-33(23-7-3-2-4-8-23)32-25(21)20-6-5-15-27-16-20/h2-17H,1H3,(H,29,34)(H,28,30,31)/b14-11+. The molecule has 1 amide bonds. The van der Waals surface area contributed by atoms with Crippen LogP contribution in [0.4, 0.5) is 5.69 Å². The highest BCUT2D eigenvalue weighted by molar-refractivity contribution is 6.02. The van der Waals surface area contributed by atoms with E-state index in [-0.39, 0.29) is 5.91 Å². The molecular weight excluding hydrogens is 426 g/mol. The lowest BCUT2D eigenvalue weighted by Crippen LogP contribution is -2.07. The number of aryl methyl sites for hydroxylation is 1. The summed E-state index contributed by atoms with van der Waals surface area (Å²) in [6.45, 7) is 1.85. The molecule has 5 aromatic rings. The molecule has 0 aliphatic heterocycles. The summed E-state index contributed by atoms with van der Waals surface area (Å²) >= 11 is 0. The Balaban J connectivity index is 1.36. The molecule has 0 atom stereocenters.